The Morgan fingerprint density at radius 2 is 1.16 bits per heavy atom. The summed E-state index contributed by atoms with van der Waals surface area (Å²) in [5.41, 5.74) is 14.3. The second-order valence-electron chi connectivity index (χ2n) is 15.5. The van der Waals surface area contributed by atoms with Gasteiger partial charge < -0.3 is 9.32 Å². The molecule has 2 heterocycles. The predicted octanol–water partition coefficient (Wildman–Crippen LogP) is 16.0. The number of furan rings is 1. The van der Waals surface area contributed by atoms with E-state index in [1.807, 2.05) is 11.3 Å². The van der Waals surface area contributed by atoms with Crippen LogP contribution in [-0.4, -0.2) is 0 Å². The number of fused-ring (bicyclic) bond motifs is 10. The van der Waals surface area contributed by atoms with E-state index in [9.17, 15) is 0 Å². The fourth-order valence-corrected chi connectivity index (χ4v) is 10.8. The zero-order valence-electron chi connectivity index (χ0n) is 31.7. The molecule has 1 atom stereocenters. The van der Waals surface area contributed by atoms with Crippen LogP contribution in [0.15, 0.2) is 199 Å². The second kappa shape index (κ2) is 13.3. The maximum atomic E-state index is 6.76. The smallest absolute Gasteiger partial charge is 0.136 e. The van der Waals surface area contributed by atoms with Crippen molar-refractivity contribution < 1.29 is 4.42 Å². The average molecular weight is 760 g/mol. The Morgan fingerprint density at radius 3 is 2.03 bits per heavy atom. The van der Waals surface area contributed by atoms with Gasteiger partial charge in [0.15, 0.2) is 0 Å². The fourth-order valence-electron chi connectivity index (χ4n) is 9.73. The minimum absolute atomic E-state index is 0.222. The molecule has 2 aromatic heterocycles. The zero-order chi connectivity index (χ0) is 38.2. The molecule has 1 aliphatic carbocycles. The summed E-state index contributed by atoms with van der Waals surface area (Å²) in [6, 6.07) is 71.4. The van der Waals surface area contributed by atoms with E-state index in [1.165, 1.54) is 75.3 Å². The van der Waals surface area contributed by atoms with Crippen LogP contribution in [0, 0.1) is 0 Å². The van der Waals surface area contributed by atoms with Crippen molar-refractivity contribution in [3.05, 3.63) is 211 Å². The Labute approximate surface area is 340 Å². The van der Waals surface area contributed by atoms with Gasteiger partial charge in [-0.25, -0.2) is 0 Å². The largest absolute Gasteiger partial charge is 0.456 e. The summed E-state index contributed by atoms with van der Waals surface area (Å²) in [4.78, 5) is 2.44. The summed E-state index contributed by atoms with van der Waals surface area (Å²) in [6.07, 6.45) is 1.92. The standard InChI is InChI=1S/C55H37NOS/c1-3-14-35(15-4-1)42-29-26-37-32-50-54(46-22-9-11-24-49(46)57-50)55(45-23-13-17-36-16-7-8-20-41(36)45)53(37)48-34-39(27-30-43(42)48)56(38-18-5-2-6-19-38)40-28-31-52-47(33-40)44-21-10-12-25-51(44)58-52/h1-25,27-28,30-34,42H,26,29H2. The van der Waals surface area contributed by atoms with Crippen LogP contribution in [0.2, 0.25) is 0 Å². The number of hydrogen-bond acceptors (Lipinski definition) is 3. The number of hydrogen-bond donors (Lipinski definition) is 0. The number of para-hydroxylation sites is 2. The third kappa shape index (κ3) is 5.24. The number of nitrogens with zero attached hydrogens (tertiary/aromatic N) is 1. The first-order valence-electron chi connectivity index (χ1n) is 20.2. The number of anilines is 3. The topological polar surface area (TPSA) is 16.4 Å². The molecule has 11 aromatic rings. The molecule has 0 amide bonds. The Balaban J connectivity index is 1.19. The maximum Gasteiger partial charge on any atom is 0.136 e. The monoisotopic (exact) mass is 759 g/mol. The number of aryl methyl sites for hydroxylation is 1. The second-order valence-corrected chi connectivity index (χ2v) is 16.6. The molecular formula is C55H37NOS. The van der Waals surface area contributed by atoms with Gasteiger partial charge >= 0.3 is 0 Å². The molecule has 0 N–H and O–H groups in total. The van der Waals surface area contributed by atoms with Crippen molar-refractivity contribution in [1.29, 1.82) is 0 Å². The molecule has 0 fully saturated rings. The summed E-state index contributed by atoms with van der Waals surface area (Å²) >= 11 is 1.86. The summed E-state index contributed by atoms with van der Waals surface area (Å²) in [5.74, 6) is 0.222. The van der Waals surface area contributed by atoms with E-state index in [0.29, 0.717) is 0 Å². The fraction of sp³-hybridized carbons (Fsp3) is 0.0545. The molecule has 2 nitrogen and oxygen atoms in total. The molecule has 0 aliphatic heterocycles. The van der Waals surface area contributed by atoms with Gasteiger partial charge in [0.25, 0.3) is 0 Å². The van der Waals surface area contributed by atoms with Crippen LogP contribution in [0.5, 0.6) is 0 Å². The van der Waals surface area contributed by atoms with Gasteiger partial charge in [0.1, 0.15) is 11.2 Å². The van der Waals surface area contributed by atoms with Gasteiger partial charge in [-0.05, 0) is 118 Å². The number of rotatable bonds is 5. The lowest BCUT2D eigenvalue weighted by Gasteiger charge is -2.28. The highest BCUT2D eigenvalue weighted by molar-refractivity contribution is 7.25. The minimum Gasteiger partial charge on any atom is -0.456 e. The Bertz CT molecular complexity index is 3350. The van der Waals surface area contributed by atoms with E-state index in [1.54, 1.807) is 0 Å². The molecular weight excluding hydrogens is 723 g/mol. The molecule has 12 rings (SSSR count). The average Bonchev–Trinajstić information content (AvgIpc) is 3.80. The molecule has 274 valence electrons. The van der Waals surface area contributed by atoms with Crippen LogP contribution < -0.4 is 4.90 Å². The maximum absolute atomic E-state index is 6.76. The lowest BCUT2D eigenvalue weighted by Crippen LogP contribution is -2.11. The summed E-state index contributed by atoms with van der Waals surface area (Å²) in [5, 5.41) is 7.39. The first kappa shape index (κ1) is 33.2. The van der Waals surface area contributed by atoms with Crippen molar-refractivity contribution in [2.45, 2.75) is 18.8 Å². The molecule has 0 saturated carbocycles. The van der Waals surface area contributed by atoms with Crippen LogP contribution in [0.25, 0.3) is 75.1 Å². The minimum atomic E-state index is 0.222. The van der Waals surface area contributed by atoms with Crippen molar-refractivity contribution in [1.82, 2.24) is 0 Å². The van der Waals surface area contributed by atoms with Gasteiger partial charge in [-0.1, -0.05) is 133 Å². The van der Waals surface area contributed by atoms with E-state index in [0.717, 1.165) is 46.5 Å². The van der Waals surface area contributed by atoms with Crippen LogP contribution in [0.4, 0.5) is 17.1 Å². The van der Waals surface area contributed by atoms with Crippen molar-refractivity contribution in [2.24, 2.45) is 0 Å². The van der Waals surface area contributed by atoms with Gasteiger partial charge in [-0.15, -0.1) is 11.3 Å². The zero-order valence-corrected chi connectivity index (χ0v) is 32.5. The molecule has 3 heteroatoms. The molecule has 1 aliphatic rings. The lowest BCUT2D eigenvalue weighted by molar-refractivity contribution is 0.667. The highest BCUT2D eigenvalue weighted by Crippen LogP contribution is 2.52. The molecule has 0 bridgehead atoms. The summed E-state index contributed by atoms with van der Waals surface area (Å²) in [6.45, 7) is 0. The summed E-state index contributed by atoms with van der Waals surface area (Å²) in [7, 11) is 0. The van der Waals surface area contributed by atoms with Crippen LogP contribution in [-0.2, 0) is 6.42 Å². The van der Waals surface area contributed by atoms with Crippen LogP contribution >= 0.6 is 11.3 Å². The van der Waals surface area contributed by atoms with Gasteiger partial charge in [-0.3, -0.25) is 0 Å². The van der Waals surface area contributed by atoms with E-state index < -0.39 is 0 Å². The van der Waals surface area contributed by atoms with Crippen molar-refractivity contribution in [2.75, 3.05) is 4.90 Å². The van der Waals surface area contributed by atoms with E-state index in [2.05, 4.69) is 199 Å². The van der Waals surface area contributed by atoms with Crippen LogP contribution in [0.1, 0.15) is 29.0 Å². The van der Waals surface area contributed by atoms with Crippen molar-refractivity contribution in [3.63, 3.8) is 0 Å². The normalized spacial score (nSPS) is 13.9. The quantitative estimate of drug-likeness (QED) is 0.174. The van der Waals surface area contributed by atoms with E-state index in [-0.39, 0.29) is 5.92 Å². The molecule has 0 saturated heterocycles. The highest BCUT2D eigenvalue weighted by atomic mass is 32.1. The molecule has 0 radical (unpaired) electrons. The van der Waals surface area contributed by atoms with Crippen LogP contribution in [0.3, 0.4) is 0 Å². The first-order chi connectivity index (χ1) is 28.8. The number of thiophene rings is 1. The lowest BCUT2D eigenvalue weighted by atomic mass is 9.82. The Morgan fingerprint density at radius 1 is 0.466 bits per heavy atom. The van der Waals surface area contributed by atoms with E-state index in [4.69, 9.17) is 4.42 Å². The predicted molar refractivity (Wildman–Crippen MR) is 246 cm³/mol. The Hall–Kier alpha value is -6.94. The molecule has 1 unspecified atom stereocenters. The highest BCUT2D eigenvalue weighted by Gasteiger charge is 2.30. The van der Waals surface area contributed by atoms with Gasteiger partial charge in [0, 0.05) is 59.5 Å². The first-order valence-corrected chi connectivity index (χ1v) is 21.0. The SMILES string of the molecule is c1ccc(C2CCc3cc4oc5ccccc5c4c(-c4cccc5ccccc45)c3-c3cc(N(c4ccccc4)c4ccc5sc6ccccc6c5c4)ccc32)cc1. The third-order valence-electron chi connectivity index (χ3n) is 12.3. The molecule has 58 heavy (non-hydrogen) atoms. The van der Waals surface area contributed by atoms with Gasteiger partial charge in [0.2, 0.25) is 0 Å². The molecule has 9 aromatic carbocycles. The van der Waals surface area contributed by atoms with Crippen molar-refractivity contribution >= 4 is 81.3 Å². The third-order valence-corrected chi connectivity index (χ3v) is 13.4. The van der Waals surface area contributed by atoms with Crippen molar-refractivity contribution in [3.8, 4) is 22.3 Å². The van der Waals surface area contributed by atoms with Gasteiger partial charge in [0.05, 0.1) is 0 Å². The molecule has 0 spiro atoms. The Kier molecular flexibility index (Phi) is 7.64. The number of benzene rings is 9. The van der Waals surface area contributed by atoms with E-state index >= 15 is 0 Å². The summed E-state index contributed by atoms with van der Waals surface area (Å²) < 4.78 is 9.38. The van der Waals surface area contributed by atoms with Gasteiger partial charge in [-0.2, -0.15) is 0 Å².